The molecule has 0 aromatic carbocycles. The molecule has 0 atom stereocenters. The topological polar surface area (TPSA) is 18.5 Å². The van der Waals surface area contributed by atoms with Crippen molar-refractivity contribution in [3.63, 3.8) is 0 Å². The highest BCUT2D eigenvalue weighted by Gasteiger charge is 2.11. The molecule has 0 aliphatic carbocycles. The summed E-state index contributed by atoms with van der Waals surface area (Å²) in [7, 11) is 2.21. The van der Waals surface area contributed by atoms with Crippen LogP contribution in [0.4, 0.5) is 0 Å². The first-order chi connectivity index (χ1) is 8.65. The number of hydrogen-bond donors (Lipinski definition) is 1. The fourth-order valence-electron chi connectivity index (χ4n) is 2.19. The Labute approximate surface area is 122 Å². The molecule has 1 saturated heterocycles. The first-order valence-corrected chi connectivity index (χ1v) is 8.12. The Hall–Kier alpha value is 0.0600. The van der Waals surface area contributed by atoms with Crippen LogP contribution in [0.3, 0.4) is 0 Å². The number of thiophene rings is 1. The molecule has 18 heavy (non-hydrogen) atoms. The number of likely N-dealkylation sites (N-methyl/N-ethyl adjacent to an activating group) is 1. The van der Waals surface area contributed by atoms with Crippen molar-refractivity contribution in [1.82, 2.24) is 15.1 Å². The van der Waals surface area contributed by atoms with Gasteiger partial charge in [0.1, 0.15) is 0 Å². The van der Waals surface area contributed by atoms with E-state index in [0.717, 1.165) is 26.2 Å². The van der Waals surface area contributed by atoms with E-state index in [-0.39, 0.29) is 0 Å². The summed E-state index contributed by atoms with van der Waals surface area (Å²) in [5.74, 6) is 0. The zero-order valence-electron chi connectivity index (χ0n) is 11.2. The average molecular weight is 332 g/mol. The van der Waals surface area contributed by atoms with Gasteiger partial charge in [0, 0.05) is 60.0 Å². The van der Waals surface area contributed by atoms with Gasteiger partial charge in [-0.05, 0) is 36.0 Å². The molecule has 0 radical (unpaired) electrons. The molecule has 1 N–H and O–H groups in total. The molecule has 2 rings (SSSR count). The quantitative estimate of drug-likeness (QED) is 0.891. The van der Waals surface area contributed by atoms with Crippen molar-refractivity contribution in [3.05, 3.63) is 20.3 Å². The summed E-state index contributed by atoms with van der Waals surface area (Å²) < 4.78 is 1.25. The van der Waals surface area contributed by atoms with Gasteiger partial charge in [-0.2, -0.15) is 0 Å². The third-order valence-electron chi connectivity index (χ3n) is 3.34. The summed E-state index contributed by atoms with van der Waals surface area (Å²) in [6.07, 6.45) is 0. The largest absolute Gasteiger partial charge is 0.314 e. The Balaban J connectivity index is 1.72. The van der Waals surface area contributed by atoms with E-state index in [1.165, 1.54) is 33.9 Å². The molecule has 0 saturated carbocycles. The average Bonchev–Trinajstić information content (AvgIpc) is 2.67. The van der Waals surface area contributed by atoms with E-state index in [4.69, 9.17) is 0 Å². The minimum absolute atomic E-state index is 1.06. The van der Waals surface area contributed by atoms with Crippen molar-refractivity contribution >= 4 is 27.3 Å². The highest BCUT2D eigenvalue weighted by atomic mass is 79.9. The lowest BCUT2D eigenvalue weighted by atomic mass is 10.3. The Morgan fingerprint density at radius 2 is 2.17 bits per heavy atom. The molecule has 0 amide bonds. The number of nitrogens with zero attached hydrogens (tertiary/aromatic N) is 2. The van der Waals surface area contributed by atoms with Crippen molar-refractivity contribution in [3.8, 4) is 0 Å². The molecular formula is C13H22BrN3S. The van der Waals surface area contributed by atoms with Crippen molar-refractivity contribution in [1.29, 1.82) is 0 Å². The Morgan fingerprint density at radius 3 is 2.78 bits per heavy atom. The molecule has 0 bridgehead atoms. The lowest BCUT2D eigenvalue weighted by Gasteiger charge is -2.28. The zero-order valence-corrected chi connectivity index (χ0v) is 13.6. The summed E-state index contributed by atoms with van der Waals surface area (Å²) in [5, 5.41) is 3.39. The van der Waals surface area contributed by atoms with Gasteiger partial charge in [-0.3, -0.25) is 4.90 Å². The van der Waals surface area contributed by atoms with E-state index in [2.05, 4.69) is 51.1 Å². The second-order valence-corrected chi connectivity index (χ2v) is 7.14. The van der Waals surface area contributed by atoms with Gasteiger partial charge in [0.05, 0.1) is 0 Å². The van der Waals surface area contributed by atoms with E-state index < -0.39 is 0 Å². The van der Waals surface area contributed by atoms with Crippen molar-refractivity contribution in [2.24, 2.45) is 0 Å². The third-order valence-corrected chi connectivity index (χ3v) is 5.46. The second kappa shape index (κ2) is 7.01. The van der Waals surface area contributed by atoms with E-state index in [0.29, 0.717) is 0 Å². The minimum atomic E-state index is 1.06. The number of halogens is 1. The second-order valence-electron chi connectivity index (χ2n) is 4.95. The third kappa shape index (κ3) is 4.31. The van der Waals surface area contributed by atoms with E-state index >= 15 is 0 Å². The van der Waals surface area contributed by atoms with Crippen molar-refractivity contribution < 1.29 is 0 Å². The lowest BCUT2D eigenvalue weighted by molar-refractivity contribution is 0.203. The van der Waals surface area contributed by atoms with Gasteiger partial charge < -0.3 is 10.2 Å². The maximum absolute atomic E-state index is 3.58. The monoisotopic (exact) mass is 331 g/mol. The highest BCUT2D eigenvalue weighted by Crippen LogP contribution is 2.26. The first-order valence-electron chi connectivity index (χ1n) is 6.51. The summed E-state index contributed by atoms with van der Waals surface area (Å²) in [5.41, 5.74) is 0. The van der Waals surface area contributed by atoms with E-state index in [9.17, 15) is 0 Å². The van der Waals surface area contributed by atoms with Gasteiger partial charge in [0.15, 0.2) is 0 Å². The molecule has 0 spiro atoms. The van der Waals surface area contributed by atoms with Crippen LogP contribution in [0.25, 0.3) is 0 Å². The number of hydrogen-bond acceptors (Lipinski definition) is 4. The molecule has 1 aromatic rings. The summed E-state index contributed by atoms with van der Waals surface area (Å²) in [6.45, 7) is 10.2. The summed E-state index contributed by atoms with van der Waals surface area (Å²) in [6, 6.07) is 2.25. The maximum Gasteiger partial charge on any atom is 0.0325 e. The van der Waals surface area contributed by atoms with Gasteiger partial charge in [-0.25, -0.2) is 0 Å². The van der Waals surface area contributed by atoms with Gasteiger partial charge >= 0.3 is 0 Å². The predicted octanol–water partition coefficient (Wildman–Crippen LogP) is 2.16. The Bertz CT molecular complexity index is 355. The van der Waals surface area contributed by atoms with E-state index in [1.807, 2.05) is 11.3 Å². The maximum atomic E-state index is 3.58. The van der Waals surface area contributed by atoms with Crippen LogP contribution in [0, 0.1) is 6.92 Å². The molecule has 1 aliphatic rings. The van der Waals surface area contributed by atoms with Crippen LogP contribution in [0.2, 0.25) is 0 Å². The van der Waals surface area contributed by atoms with Crippen LogP contribution < -0.4 is 5.32 Å². The molecule has 3 nitrogen and oxygen atoms in total. The molecule has 1 fully saturated rings. The first kappa shape index (κ1) is 14.5. The van der Waals surface area contributed by atoms with Crippen LogP contribution in [0.15, 0.2) is 10.5 Å². The standard InChI is InChI=1S/C13H22BrN3S/c1-11-13(14)9-12(18-11)10-16(2)7-8-17-5-3-15-4-6-17/h9,15H,3-8,10H2,1-2H3. The number of rotatable bonds is 5. The lowest BCUT2D eigenvalue weighted by Crippen LogP contribution is -2.45. The van der Waals surface area contributed by atoms with Crippen LogP contribution in [-0.4, -0.2) is 56.1 Å². The number of nitrogens with one attached hydrogen (secondary N) is 1. The van der Waals surface area contributed by atoms with Crippen LogP contribution in [0.5, 0.6) is 0 Å². The molecule has 5 heteroatoms. The van der Waals surface area contributed by atoms with Gasteiger partial charge in [0.25, 0.3) is 0 Å². The van der Waals surface area contributed by atoms with Crippen LogP contribution in [0.1, 0.15) is 9.75 Å². The van der Waals surface area contributed by atoms with Crippen LogP contribution >= 0.6 is 27.3 Å². The van der Waals surface area contributed by atoms with Crippen LogP contribution in [-0.2, 0) is 6.54 Å². The molecule has 0 unspecified atom stereocenters. The van der Waals surface area contributed by atoms with Crippen molar-refractivity contribution in [2.75, 3.05) is 46.3 Å². The highest BCUT2D eigenvalue weighted by molar-refractivity contribution is 9.10. The normalized spacial score (nSPS) is 17.6. The zero-order chi connectivity index (χ0) is 13.0. The molecular weight excluding hydrogens is 310 g/mol. The Kier molecular flexibility index (Phi) is 5.63. The molecule has 1 aromatic heterocycles. The number of piperazine rings is 1. The summed E-state index contributed by atoms with van der Waals surface area (Å²) >= 11 is 5.48. The van der Waals surface area contributed by atoms with Gasteiger partial charge in [0.2, 0.25) is 0 Å². The molecule has 102 valence electrons. The van der Waals surface area contributed by atoms with E-state index in [1.54, 1.807) is 0 Å². The Morgan fingerprint density at radius 1 is 1.44 bits per heavy atom. The SMILES string of the molecule is Cc1sc(CN(C)CCN2CCNCC2)cc1Br. The predicted molar refractivity (Wildman–Crippen MR) is 82.4 cm³/mol. The molecule has 1 aliphatic heterocycles. The van der Waals surface area contributed by atoms with Crippen molar-refractivity contribution in [2.45, 2.75) is 13.5 Å². The van der Waals surface area contributed by atoms with Gasteiger partial charge in [-0.1, -0.05) is 0 Å². The minimum Gasteiger partial charge on any atom is -0.314 e. The molecule has 2 heterocycles. The fourth-order valence-corrected chi connectivity index (χ4v) is 3.87. The fraction of sp³-hybridized carbons (Fsp3) is 0.692. The van der Waals surface area contributed by atoms with Gasteiger partial charge in [-0.15, -0.1) is 11.3 Å². The smallest absolute Gasteiger partial charge is 0.0325 e. The summed E-state index contributed by atoms with van der Waals surface area (Å²) in [4.78, 5) is 7.78. The number of aryl methyl sites for hydroxylation is 1.